The van der Waals surface area contributed by atoms with Crippen LogP contribution in [0.5, 0.6) is 0 Å². The highest BCUT2D eigenvalue weighted by Crippen LogP contribution is 2.40. The van der Waals surface area contributed by atoms with E-state index in [9.17, 15) is 24.5 Å². The van der Waals surface area contributed by atoms with Gasteiger partial charge in [0.05, 0.1) is 34.7 Å². The largest absolute Gasteiger partial charge is 0.462 e. The van der Waals surface area contributed by atoms with Crippen molar-refractivity contribution < 1.29 is 28.8 Å². The van der Waals surface area contributed by atoms with Crippen LogP contribution in [0.2, 0.25) is 0 Å². The average Bonchev–Trinajstić information content (AvgIpc) is 2.66. The van der Waals surface area contributed by atoms with Crippen molar-refractivity contribution >= 4 is 23.4 Å². The van der Waals surface area contributed by atoms with Crippen molar-refractivity contribution in [2.45, 2.75) is 53.1 Å². The van der Waals surface area contributed by atoms with E-state index >= 15 is 0 Å². The molecular formula is C22H26N2O7. The summed E-state index contributed by atoms with van der Waals surface area (Å²) in [6, 6.07) is 5.75. The van der Waals surface area contributed by atoms with Gasteiger partial charge in [0.15, 0.2) is 0 Å². The van der Waals surface area contributed by atoms with Crippen LogP contribution in [0, 0.1) is 10.1 Å². The van der Waals surface area contributed by atoms with Crippen molar-refractivity contribution in [2.24, 2.45) is 0 Å². The van der Waals surface area contributed by atoms with Crippen molar-refractivity contribution in [3.63, 3.8) is 0 Å². The van der Waals surface area contributed by atoms with Gasteiger partial charge in [0.2, 0.25) is 0 Å². The molecule has 0 aliphatic carbocycles. The molecule has 9 nitrogen and oxygen atoms in total. The average molecular weight is 430 g/mol. The molecule has 9 heteroatoms. The number of nitro groups is 1. The molecule has 0 amide bonds. The predicted molar refractivity (Wildman–Crippen MR) is 112 cm³/mol. The van der Waals surface area contributed by atoms with Crippen LogP contribution in [0.3, 0.4) is 0 Å². The van der Waals surface area contributed by atoms with Crippen LogP contribution in [-0.4, -0.2) is 35.4 Å². The molecule has 0 radical (unpaired) electrons. The summed E-state index contributed by atoms with van der Waals surface area (Å²) in [6.07, 6.45) is -0.346. The van der Waals surface area contributed by atoms with Crippen LogP contribution in [0.4, 0.5) is 5.69 Å². The van der Waals surface area contributed by atoms with Gasteiger partial charge in [-0.2, -0.15) is 0 Å². The summed E-state index contributed by atoms with van der Waals surface area (Å²) in [5.74, 6) is -2.42. The van der Waals surface area contributed by atoms with E-state index in [-0.39, 0.29) is 35.6 Å². The number of nitro benzene ring substituents is 1. The minimum Gasteiger partial charge on any atom is -0.462 e. The van der Waals surface area contributed by atoms with Gasteiger partial charge < -0.3 is 14.8 Å². The lowest BCUT2D eigenvalue weighted by Crippen LogP contribution is -2.33. The zero-order chi connectivity index (χ0) is 23.3. The maximum absolute atomic E-state index is 12.9. The Hall–Kier alpha value is -3.49. The molecule has 1 N–H and O–H groups in total. The molecule has 1 aliphatic rings. The molecule has 0 saturated heterocycles. The summed E-state index contributed by atoms with van der Waals surface area (Å²) in [5.41, 5.74) is 1.42. The molecule has 0 fully saturated rings. The first-order chi connectivity index (χ1) is 14.5. The van der Waals surface area contributed by atoms with Crippen LogP contribution in [0.25, 0.3) is 0 Å². The molecule has 1 aliphatic heterocycles. The number of carbonyl (C=O) groups is 3. The number of carbonyl (C=O) groups excluding carboxylic acids is 3. The Morgan fingerprint density at radius 1 is 1.13 bits per heavy atom. The van der Waals surface area contributed by atoms with Gasteiger partial charge in [-0.15, -0.1) is 0 Å². The second kappa shape index (κ2) is 10.0. The van der Waals surface area contributed by atoms with Gasteiger partial charge in [-0.05, 0) is 40.2 Å². The lowest BCUT2D eigenvalue weighted by molar-refractivity contribution is -0.384. The highest BCUT2D eigenvalue weighted by atomic mass is 16.6. The van der Waals surface area contributed by atoms with Gasteiger partial charge in [0, 0.05) is 29.9 Å². The fourth-order valence-corrected chi connectivity index (χ4v) is 3.33. The number of nitrogens with one attached hydrogen (secondary N) is 1. The van der Waals surface area contributed by atoms with Crippen LogP contribution in [0.15, 0.2) is 46.8 Å². The first kappa shape index (κ1) is 23.8. The fourth-order valence-electron chi connectivity index (χ4n) is 3.33. The molecule has 1 heterocycles. The standard InChI is InChI=1S/C22H26N2O7/c1-12(2)31-22(27)19-15(5)23-14(4)18(21(26)30-10-9-13(3)25)20(19)16-7-6-8-17(11-16)24(28)29/h6-8,11-12,20,23H,9-10H2,1-5H3. The molecule has 1 atom stereocenters. The normalized spacial score (nSPS) is 16.1. The first-order valence-corrected chi connectivity index (χ1v) is 9.83. The van der Waals surface area contributed by atoms with E-state index < -0.39 is 28.9 Å². The number of hydrogen-bond donors (Lipinski definition) is 1. The molecule has 0 bridgehead atoms. The molecule has 1 unspecified atom stereocenters. The van der Waals surface area contributed by atoms with E-state index in [0.29, 0.717) is 17.0 Å². The highest BCUT2D eigenvalue weighted by Gasteiger charge is 2.38. The maximum Gasteiger partial charge on any atom is 0.337 e. The Kier molecular flexibility index (Phi) is 7.68. The molecule has 2 rings (SSSR count). The quantitative estimate of drug-likeness (QED) is 0.378. The van der Waals surface area contributed by atoms with Gasteiger partial charge in [-0.25, -0.2) is 9.59 Å². The summed E-state index contributed by atoms with van der Waals surface area (Å²) >= 11 is 0. The number of nitrogens with zero attached hydrogens (tertiary/aromatic N) is 1. The van der Waals surface area contributed by atoms with Gasteiger partial charge in [0.1, 0.15) is 5.78 Å². The molecular weight excluding hydrogens is 404 g/mol. The Morgan fingerprint density at radius 2 is 1.74 bits per heavy atom. The molecule has 0 spiro atoms. The zero-order valence-electron chi connectivity index (χ0n) is 18.2. The Labute approximate surface area is 180 Å². The number of ether oxygens (including phenoxy) is 2. The van der Waals surface area contributed by atoms with Crippen molar-refractivity contribution in [1.82, 2.24) is 5.32 Å². The number of non-ortho nitro benzene ring substituents is 1. The van der Waals surface area contributed by atoms with E-state index in [1.54, 1.807) is 33.8 Å². The third-order valence-corrected chi connectivity index (χ3v) is 4.64. The number of allylic oxidation sites excluding steroid dienone is 2. The number of Topliss-reactive ketones (excluding diaryl/α,β-unsaturated/α-hetero) is 1. The van der Waals surface area contributed by atoms with Gasteiger partial charge in [0.25, 0.3) is 5.69 Å². The SMILES string of the molecule is CC(=O)CCOC(=O)C1=C(C)NC(C)=C(C(=O)OC(C)C)C1c1cccc([N+](=O)[O-])c1. The van der Waals surface area contributed by atoms with Crippen molar-refractivity contribution in [3.8, 4) is 0 Å². The lowest BCUT2D eigenvalue weighted by atomic mass is 9.80. The number of esters is 2. The lowest BCUT2D eigenvalue weighted by Gasteiger charge is -2.30. The summed E-state index contributed by atoms with van der Waals surface area (Å²) in [6.45, 7) is 8.00. The number of ketones is 1. The number of hydrogen-bond acceptors (Lipinski definition) is 8. The fraction of sp³-hybridized carbons (Fsp3) is 0.409. The Balaban J connectivity index is 2.58. The second-order valence-electron chi connectivity index (χ2n) is 7.53. The van der Waals surface area contributed by atoms with E-state index in [1.807, 2.05) is 0 Å². The highest BCUT2D eigenvalue weighted by molar-refractivity contribution is 6.00. The molecule has 166 valence electrons. The Morgan fingerprint density at radius 3 is 2.29 bits per heavy atom. The molecule has 1 aromatic carbocycles. The zero-order valence-corrected chi connectivity index (χ0v) is 18.2. The maximum atomic E-state index is 12.9. The van der Waals surface area contributed by atoms with E-state index in [0.717, 1.165) is 0 Å². The molecule has 1 aromatic rings. The summed E-state index contributed by atoms with van der Waals surface area (Å²) in [7, 11) is 0. The first-order valence-electron chi connectivity index (χ1n) is 9.83. The van der Waals surface area contributed by atoms with Crippen LogP contribution >= 0.6 is 0 Å². The minimum atomic E-state index is -0.933. The predicted octanol–water partition coefficient (Wildman–Crippen LogP) is 3.30. The number of rotatable bonds is 8. The van der Waals surface area contributed by atoms with E-state index in [4.69, 9.17) is 9.47 Å². The molecule has 0 saturated carbocycles. The van der Waals surface area contributed by atoms with E-state index in [1.165, 1.54) is 25.1 Å². The summed E-state index contributed by atoms with van der Waals surface area (Å²) < 4.78 is 10.6. The second-order valence-corrected chi connectivity index (χ2v) is 7.53. The van der Waals surface area contributed by atoms with Gasteiger partial charge in [-0.3, -0.25) is 14.9 Å². The topological polar surface area (TPSA) is 125 Å². The summed E-state index contributed by atoms with van der Waals surface area (Å²) in [5, 5.41) is 14.3. The molecule has 0 aromatic heterocycles. The van der Waals surface area contributed by atoms with Crippen molar-refractivity contribution in [3.05, 3.63) is 62.5 Å². The Bertz CT molecular complexity index is 976. The monoisotopic (exact) mass is 430 g/mol. The minimum absolute atomic E-state index is 0.0596. The van der Waals surface area contributed by atoms with Crippen LogP contribution < -0.4 is 5.32 Å². The van der Waals surface area contributed by atoms with Crippen LogP contribution in [-0.2, 0) is 23.9 Å². The number of benzene rings is 1. The van der Waals surface area contributed by atoms with Crippen LogP contribution in [0.1, 0.15) is 52.5 Å². The third-order valence-electron chi connectivity index (χ3n) is 4.64. The smallest absolute Gasteiger partial charge is 0.337 e. The summed E-state index contributed by atoms with van der Waals surface area (Å²) in [4.78, 5) is 47.8. The number of dihydropyridines is 1. The van der Waals surface area contributed by atoms with E-state index in [2.05, 4.69) is 5.32 Å². The van der Waals surface area contributed by atoms with Crippen molar-refractivity contribution in [2.75, 3.05) is 6.61 Å². The molecule has 31 heavy (non-hydrogen) atoms. The van der Waals surface area contributed by atoms with Gasteiger partial charge >= 0.3 is 11.9 Å². The van der Waals surface area contributed by atoms with Gasteiger partial charge in [-0.1, -0.05) is 12.1 Å². The van der Waals surface area contributed by atoms with Crippen molar-refractivity contribution in [1.29, 1.82) is 0 Å². The third kappa shape index (κ3) is 5.78.